The number of carbonyl (C=O) groups is 4. The molecule has 19 heteroatoms. The number of carbonyl (C=O) groups excluding carboxylic acids is 4. The van der Waals surface area contributed by atoms with Crippen molar-refractivity contribution in [3.63, 3.8) is 0 Å². The number of hydrogen-bond acceptors (Lipinski definition) is 15. The molecule has 0 bridgehead atoms. The minimum Gasteiger partial charge on any atom is -0.462 e. The number of aliphatic hydroxyl groups excluding tert-OH is 1. The van der Waals surface area contributed by atoms with Gasteiger partial charge in [-0.15, -0.1) is 0 Å². The van der Waals surface area contributed by atoms with E-state index in [1.807, 2.05) is 0 Å². The van der Waals surface area contributed by atoms with E-state index in [2.05, 4.69) is 48.5 Å². The minimum absolute atomic E-state index is 0.103. The molecular weight excluding hydrogens is 1260 g/mol. The molecule has 0 aromatic carbocycles. The lowest BCUT2D eigenvalue weighted by Gasteiger charge is -2.21. The summed E-state index contributed by atoms with van der Waals surface area (Å²) in [4.78, 5) is 72.7. The van der Waals surface area contributed by atoms with Crippen LogP contribution in [0.3, 0.4) is 0 Å². The second-order valence-corrected chi connectivity index (χ2v) is 32.1. The Morgan fingerprint density at radius 2 is 0.479 bits per heavy atom. The molecule has 2 unspecified atom stereocenters. The highest BCUT2D eigenvalue weighted by Crippen LogP contribution is 2.45. The SMILES string of the molecule is CCCCCCCCCCCCCCCCCCCCCCCCC(=O)O[C@H](COC(=O)CCCCCCCCCCCCCC(C)C)COP(=O)(O)OC[C@@H](O)COP(=O)(O)OC[C@@H](COC(=O)CCCCCCCCCC(C)C)OC(=O)CCCCCCCCCC(C)C. The molecule has 0 heterocycles. The first kappa shape index (κ1) is 94.1. The van der Waals surface area contributed by atoms with Crippen LogP contribution >= 0.6 is 15.6 Å². The first-order valence-corrected chi connectivity index (χ1v) is 42.8. The van der Waals surface area contributed by atoms with E-state index in [1.165, 1.54) is 199 Å². The normalized spacial score (nSPS) is 14.1. The monoisotopic (exact) mass is 1410 g/mol. The Morgan fingerprint density at radius 1 is 0.281 bits per heavy atom. The Labute approximate surface area is 588 Å². The lowest BCUT2D eigenvalue weighted by Crippen LogP contribution is -2.30. The maximum absolute atomic E-state index is 13.1. The van der Waals surface area contributed by atoms with Crippen LogP contribution in [0.15, 0.2) is 0 Å². The van der Waals surface area contributed by atoms with Gasteiger partial charge in [0.1, 0.15) is 19.3 Å². The van der Waals surface area contributed by atoms with Crippen molar-refractivity contribution in [3.8, 4) is 0 Å². The Bertz CT molecular complexity index is 1870. The van der Waals surface area contributed by atoms with E-state index in [4.69, 9.17) is 37.0 Å². The number of rotatable bonds is 75. The van der Waals surface area contributed by atoms with Gasteiger partial charge in [-0.25, -0.2) is 9.13 Å². The standard InChI is InChI=1S/C77H150O17P2/c1-8-9-10-11-12-13-14-15-16-17-18-19-20-21-22-23-24-27-31-38-46-53-60-76(81)93-72(64-87-74(79)58-51-44-37-30-28-25-26-29-34-41-48-55-68(2)3)66-91-95(83,84)89-62-71(78)63-90-96(85,86)92-67-73(94-77(82)61-54-47-40-33-36-43-50-57-70(6)7)65-88-75(80)59-52-45-39-32-35-42-49-56-69(4)5/h68-73,78H,8-67H2,1-7H3,(H,83,84)(H,85,86)/t71-,72-,73-/m1/s1. The molecule has 96 heavy (non-hydrogen) atoms. The van der Waals surface area contributed by atoms with E-state index in [0.29, 0.717) is 37.5 Å². The smallest absolute Gasteiger partial charge is 0.462 e. The van der Waals surface area contributed by atoms with Crippen LogP contribution in [-0.4, -0.2) is 96.7 Å². The van der Waals surface area contributed by atoms with Crippen molar-refractivity contribution in [3.05, 3.63) is 0 Å². The van der Waals surface area contributed by atoms with Crippen LogP contribution in [0.1, 0.15) is 395 Å². The summed E-state index contributed by atoms with van der Waals surface area (Å²) in [7, 11) is -9.91. The quantitative estimate of drug-likeness (QED) is 0.0222. The minimum atomic E-state index is -4.96. The summed E-state index contributed by atoms with van der Waals surface area (Å²) >= 11 is 0. The van der Waals surface area contributed by atoms with Gasteiger partial charge in [0, 0.05) is 25.7 Å². The van der Waals surface area contributed by atoms with Crippen LogP contribution in [0.5, 0.6) is 0 Å². The van der Waals surface area contributed by atoms with Gasteiger partial charge >= 0.3 is 39.5 Å². The lowest BCUT2D eigenvalue weighted by molar-refractivity contribution is -0.161. The molecule has 0 amide bonds. The molecule has 0 aliphatic heterocycles. The summed E-state index contributed by atoms with van der Waals surface area (Å²) in [5.41, 5.74) is 0. The second-order valence-electron chi connectivity index (χ2n) is 29.2. The summed E-state index contributed by atoms with van der Waals surface area (Å²) < 4.78 is 68.5. The third kappa shape index (κ3) is 70.5. The average molecular weight is 1410 g/mol. The molecule has 0 saturated heterocycles. The van der Waals surface area contributed by atoms with E-state index in [-0.39, 0.29) is 25.7 Å². The van der Waals surface area contributed by atoms with Crippen LogP contribution in [-0.2, 0) is 65.4 Å². The molecule has 0 rings (SSSR count). The fourth-order valence-corrected chi connectivity index (χ4v) is 13.4. The zero-order chi connectivity index (χ0) is 70.9. The van der Waals surface area contributed by atoms with Crippen molar-refractivity contribution >= 4 is 39.5 Å². The zero-order valence-corrected chi connectivity index (χ0v) is 64.6. The largest absolute Gasteiger partial charge is 0.472 e. The summed E-state index contributed by atoms with van der Waals surface area (Å²) in [5.74, 6) is 0.0493. The average Bonchev–Trinajstić information content (AvgIpc) is 1.73. The Kier molecular flexibility index (Phi) is 66.2. The zero-order valence-electron chi connectivity index (χ0n) is 62.8. The molecule has 5 atom stereocenters. The molecule has 17 nitrogen and oxygen atoms in total. The number of ether oxygens (including phenoxy) is 4. The van der Waals surface area contributed by atoms with Gasteiger partial charge in [-0.2, -0.15) is 0 Å². The number of unbranched alkanes of at least 4 members (excludes halogenated alkanes) is 43. The van der Waals surface area contributed by atoms with Gasteiger partial charge < -0.3 is 33.8 Å². The van der Waals surface area contributed by atoms with E-state index in [9.17, 15) is 43.2 Å². The number of phosphoric ester groups is 2. The van der Waals surface area contributed by atoms with E-state index in [0.717, 1.165) is 102 Å². The van der Waals surface area contributed by atoms with Crippen LogP contribution in [0.25, 0.3) is 0 Å². The predicted molar refractivity (Wildman–Crippen MR) is 391 cm³/mol. The molecule has 0 spiro atoms. The van der Waals surface area contributed by atoms with Crippen LogP contribution in [0.4, 0.5) is 0 Å². The molecule has 0 radical (unpaired) electrons. The molecule has 0 fully saturated rings. The first-order valence-electron chi connectivity index (χ1n) is 39.8. The number of hydrogen-bond donors (Lipinski definition) is 3. The Balaban J connectivity index is 5.18. The predicted octanol–water partition coefficient (Wildman–Crippen LogP) is 22.6. The van der Waals surface area contributed by atoms with E-state index in [1.54, 1.807) is 0 Å². The van der Waals surface area contributed by atoms with Gasteiger partial charge in [0.15, 0.2) is 12.2 Å². The Morgan fingerprint density at radius 3 is 0.708 bits per heavy atom. The van der Waals surface area contributed by atoms with Gasteiger partial charge in [-0.05, 0) is 43.4 Å². The van der Waals surface area contributed by atoms with Crippen molar-refractivity contribution in [2.75, 3.05) is 39.6 Å². The molecule has 0 aliphatic rings. The van der Waals surface area contributed by atoms with Gasteiger partial charge in [0.25, 0.3) is 0 Å². The second kappa shape index (κ2) is 67.5. The number of phosphoric acid groups is 2. The van der Waals surface area contributed by atoms with Crippen LogP contribution in [0, 0.1) is 17.8 Å². The molecule has 0 aromatic rings. The summed E-state index contributed by atoms with van der Waals surface area (Å²) in [5, 5.41) is 10.6. The summed E-state index contributed by atoms with van der Waals surface area (Å²) in [6, 6.07) is 0. The highest BCUT2D eigenvalue weighted by atomic mass is 31.2. The fourth-order valence-electron chi connectivity index (χ4n) is 11.8. The van der Waals surface area contributed by atoms with Crippen LogP contribution in [0.2, 0.25) is 0 Å². The van der Waals surface area contributed by atoms with Crippen molar-refractivity contribution in [1.29, 1.82) is 0 Å². The third-order valence-electron chi connectivity index (χ3n) is 17.9. The van der Waals surface area contributed by atoms with Gasteiger partial charge in [-0.1, -0.05) is 344 Å². The molecule has 3 N–H and O–H groups in total. The fraction of sp³-hybridized carbons (Fsp3) is 0.948. The molecule has 0 aliphatic carbocycles. The number of esters is 4. The van der Waals surface area contributed by atoms with Crippen molar-refractivity contribution < 1.29 is 80.2 Å². The Hall–Kier alpha value is -1.94. The lowest BCUT2D eigenvalue weighted by atomic mass is 10.0. The highest BCUT2D eigenvalue weighted by Gasteiger charge is 2.30. The highest BCUT2D eigenvalue weighted by molar-refractivity contribution is 7.47. The first-order chi connectivity index (χ1) is 46.2. The van der Waals surface area contributed by atoms with Gasteiger partial charge in [-0.3, -0.25) is 37.3 Å². The van der Waals surface area contributed by atoms with Crippen molar-refractivity contribution in [2.24, 2.45) is 17.8 Å². The molecular formula is C77H150O17P2. The summed E-state index contributed by atoms with van der Waals surface area (Å²) in [6.07, 6.45) is 54.5. The maximum Gasteiger partial charge on any atom is 0.472 e. The van der Waals surface area contributed by atoms with Gasteiger partial charge in [0.2, 0.25) is 0 Å². The van der Waals surface area contributed by atoms with Crippen molar-refractivity contribution in [2.45, 2.75) is 414 Å². The maximum atomic E-state index is 13.1. The van der Waals surface area contributed by atoms with Crippen LogP contribution < -0.4 is 0 Å². The molecule has 0 aromatic heterocycles. The van der Waals surface area contributed by atoms with Crippen molar-refractivity contribution in [1.82, 2.24) is 0 Å². The third-order valence-corrected chi connectivity index (χ3v) is 19.8. The van der Waals surface area contributed by atoms with Gasteiger partial charge in [0.05, 0.1) is 26.4 Å². The summed E-state index contributed by atoms with van der Waals surface area (Å²) in [6.45, 7) is 11.8. The number of aliphatic hydroxyl groups is 1. The molecule has 570 valence electrons. The molecule has 0 saturated carbocycles. The van der Waals surface area contributed by atoms with E-state index >= 15 is 0 Å². The van der Waals surface area contributed by atoms with E-state index < -0.39 is 97.5 Å². The topological polar surface area (TPSA) is 237 Å².